The van der Waals surface area contributed by atoms with Gasteiger partial charge in [-0.1, -0.05) is 11.6 Å². The molecule has 0 fully saturated rings. The zero-order valence-electron chi connectivity index (χ0n) is 10.6. The second-order valence-corrected chi connectivity index (χ2v) is 4.57. The normalized spacial score (nSPS) is 10.0. The Labute approximate surface area is 116 Å². The van der Waals surface area contributed by atoms with Crippen molar-refractivity contribution in [3.05, 3.63) is 46.1 Å². The zero-order chi connectivity index (χ0) is 14.0. The van der Waals surface area contributed by atoms with E-state index in [-0.39, 0.29) is 5.88 Å². The highest BCUT2D eigenvalue weighted by atomic mass is 35.5. The molecule has 2 N–H and O–H groups in total. The summed E-state index contributed by atoms with van der Waals surface area (Å²) in [7, 11) is 0. The Balaban J connectivity index is 2.43. The number of nitrogens with two attached hydrogens (primary N) is 1. The summed E-state index contributed by atoms with van der Waals surface area (Å²) in [6.45, 7) is 3.69. The third-order valence-corrected chi connectivity index (χ3v) is 2.94. The molecule has 1 aromatic heterocycles. The lowest BCUT2D eigenvalue weighted by Crippen LogP contribution is -1.97. The first kappa shape index (κ1) is 13.2. The molecule has 4 nitrogen and oxygen atoms in total. The Hall–Kier alpha value is -2.25. The maximum Gasteiger partial charge on any atom is 0.237 e. The van der Waals surface area contributed by atoms with Gasteiger partial charge in [-0.05, 0) is 37.6 Å². The predicted octanol–water partition coefficient (Wildman–Crippen LogP) is 3.60. The van der Waals surface area contributed by atoms with Gasteiger partial charge in [0.1, 0.15) is 17.4 Å². The van der Waals surface area contributed by atoms with Crippen molar-refractivity contribution in [2.45, 2.75) is 13.8 Å². The summed E-state index contributed by atoms with van der Waals surface area (Å²) >= 11 is 5.93. The molecule has 0 unspecified atom stereocenters. The van der Waals surface area contributed by atoms with Gasteiger partial charge in [-0.25, -0.2) is 4.98 Å². The van der Waals surface area contributed by atoms with E-state index in [1.807, 2.05) is 19.9 Å². The number of nitrogen functional groups attached to an aromatic ring is 1. The predicted molar refractivity (Wildman–Crippen MR) is 74.4 cm³/mol. The number of aromatic nitrogens is 1. The second kappa shape index (κ2) is 5.17. The summed E-state index contributed by atoms with van der Waals surface area (Å²) in [5.41, 5.74) is 8.13. The molecule has 1 aromatic carbocycles. The lowest BCUT2D eigenvalue weighted by atomic mass is 10.1. The van der Waals surface area contributed by atoms with Crippen LogP contribution in [-0.2, 0) is 0 Å². The number of halogens is 1. The number of aryl methyl sites for hydroxylation is 2. The largest absolute Gasteiger partial charge is 0.438 e. The van der Waals surface area contributed by atoms with E-state index in [2.05, 4.69) is 11.1 Å². The summed E-state index contributed by atoms with van der Waals surface area (Å²) in [5.74, 6) is 0.772. The summed E-state index contributed by atoms with van der Waals surface area (Å²) in [5, 5.41) is 9.55. The van der Waals surface area contributed by atoms with Crippen molar-refractivity contribution in [2.24, 2.45) is 0 Å². The molecule has 0 atom stereocenters. The number of hydrogen-bond donors (Lipinski definition) is 1. The number of nitriles is 1. The number of benzene rings is 1. The molecule has 96 valence electrons. The molecule has 1 heterocycles. The molecule has 0 aliphatic rings. The molecule has 2 aromatic rings. The van der Waals surface area contributed by atoms with E-state index in [0.29, 0.717) is 22.0 Å². The first-order valence-electron chi connectivity index (χ1n) is 5.62. The van der Waals surface area contributed by atoms with Crippen molar-refractivity contribution in [2.75, 3.05) is 5.73 Å². The van der Waals surface area contributed by atoms with Crippen molar-refractivity contribution in [1.29, 1.82) is 5.26 Å². The third kappa shape index (κ3) is 2.78. The van der Waals surface area contributed by atoms with Gasteiger partial charge in [-0.2, -0.15) is 5.26 Å². The average Bonchev–Trinajstić information content (AvgIpc) is 2.33. The van der Waals surface area contributed by atoms with Crippen LogP contribution in [0.15, 0.2) is 24.3 Å². The molecular formula is C14H12ClN3O. The molecule has 0 saturated carbocycles. The molecule has 2 rings (SSSR count). The first-order chi connectivity index (χ1) is 9.01. The third-order valence-electron chi connectivity index (χ3n) is 2.61. The number of ether oxygens (including phenoxy) is 1. The van der Waals surface area contributed by atoms with Crippen LogP contribution in [0.1, 0.15) is 16.8 Å². The van der Waals surface area contributed by atoms with Gasteiger partial charge in [-0.3, -0.25) is 0 Å². The molecule has 5 heteroatoms. The lowest BCUT2D eigenvalue weighted by Gasteiger charge is -2.10. The van der Waals surface area contributed by atoms with Gasteiger partial charge < -0.3 is 10.5 Å². The highest BCUT2D eigenvalue weighted by Crippen LogP contribution is 2.29. The van der Waals surface area contributed by atoms with Gasteiger partial charge in [0.25, 0.3) is 0 Å². The highest BCUT2D eigenvalue weighted by molar-refractivity contribution is 6.33. The maximum absolute atomic E-state index is 9.15. The van der Waals surface area contributed by atoms with Crippen LogP contribution in [0, 0.1) is 25.2 Å². The second-order valence-electron chi connectivity index (χ2n) is 4.16. The van der Waals surface area contributed by atoms with E-state index in [4.69, 9.17) is 27.3 Å². The molecular weight excluding hydrogens is 262 g/mol. The van der Waals surface area contributed by atoms with Crippen LogP contribution in [0.25, 0.3) is 0 Å². The van der Waals surface area contributed by atoms with Gasteiger partial charge in [-0.15, -0.1) is 0 Å². The summed E-state index contributed by atoms with van der Waals surface area (Å²) < 4.78 is 5.62. The van der Waals surface area contributed by atoms with Crippen molar-refractivity contribution >= 4 is 17.3 Å². The number of nitrogens with zero attached hydrogens (tertiary/aromatic N) is 2. The van der Waals surface area contributed by atoms with Gasteiger partial charge in [0, 0.05) is 11.8 Å². The lowest BCUT2D eigenvalue weighted by molar-refractivity contribution is 0.459. The molecule has 0 bridgehead atoms. The standard InChI is InChI=1S/C14H12ClN3O/c1-8-5-9(2)18-14(11(8)7-16)19-10-3-4-13(17)12(15)6-10/h3-6H,17H2,1-2H3. The van der Waals surface area contributed by atoms with Crippen molar-refractivity contribution in [3.8, 4) is 17.7 Å². The fraction of sp³-hybridized carbons (Fsp3) is 0.143. The van der Waals surface area contributed by atoms with Crippen LogP contribution in [0.5, 0.6) is 11.6 Å². The maximum atomic E-state index is 9.15. The van der Waals surface area contributed by atoms with Crippen LogP contribution in [-0.4, -0.2) is 4.98 Å². The summed E-state index contributed by atoms with van der Waals surface area (Å²) in [6.07, 6.45) is 0. The number of rotatable bonds is 2. The quantitative estimate of drug-likeness (QED) is 0.849. The van der Waals surface area contributed by atoms with Crippen LogP contribution >= 0.6 is 11.6 Å². The van der Waals surface area contributed by atoms with E-state index in [1.54, 1.807) is 18.2 Å². The highest BCUT2D eigenvalue weighted by Gasteiger charge is 2.11. The van der Waals surface area contributed by atoms with Crippen LogP contribution in [0.3, 0.4) is 0 Å². The minimum atomic E-state index is 0.279. The van der Waals surface area contributed by atoms with Gasteiger partial charge in [0.15, 0.2) is 0 Å². The Morgan fingerprint density at radius 2 is 2.05 bits per heavy atom. The first-order valence-corrected chi connectivity index (χ1v) is 6.00. The van der Waals surface area contributed by atoms with E-state index in [0.717, 1.165) is 11.3 Å². The molecule has 0 saturated heterocycles. The van der Waals surface area contributed by atoms with Crippen molar-refractivity contribution in [3.63, 3.8) is 0 Å². The van der Waals surface area contributed by atoms with Crippen LogP contribution in [0.2, 0.25) is 5.02 Å². The topological polar surface area (TPSA) is 71.9 Å². The number of anilines is 1. The molecule has 0 amide bonds. The molecule has 19 heavy (non-hydrogen) atoms. The SMILES string of the molecule is Cc1cc(C)c(C#N)c(Oc2ccc(N)c(Cl)c2)n1. The van der Waals surface area contributed by atoms with Gasteiger partial charge in [0.05, 0.1) is 10.7 Å². The fourth-order valence-corrected chi connectivity index (χ4v) is 1.87. The zero-order valence-corrected chi connectivity index (χ0v) is 11.3. The Morgan fingerprint density at radius 3 is 2.68 bits per heavy atom. The van der Waals surface area contributed by atoms with E-state index < -0.39 is 0 Å². The Morgan fingerprint density at radius 1 is 1.32 bits per heavy atom. The van der Waals surface area contributed by atoms with E-state index in [1.165, 1.54) is 0 Å². The monoisotopic (exact) mass is 273 g/mol. The summed E-state index contributed by atoms with van der Waals surface area (Å²) in [4.78, 5) is 4.23. The smallest absolute Gasteiger partial charge is 0.237 e. The number of pyridine rings is 1. The Bertz CT molecular complexity index is 677. The average molecular weight is 274 g/mol. The molecule has 0 radical (unpaired) electrons. The number of hydrogen-bond acceptors (Lipinski definition) is 4. The van der Waals surface area contributed by atoms with E-state index >= 15 is 0 Å². The van der Waals surface area contributed by atoms with Gasteiger partial charge >= 0.3 is 0 Å². The van der Waals surface area contributed by atoms with Crippen LogP contribution < -0.4 is 10.5 Å². The molecule has 0 aliphatic carbocycles. The van der Waals surface area contributed by atoms with Gasteiger partial charge in [0.2, 0.25) is 5.88 Å². The van der Waals surface area contributed by atoms with Crippen molar-refractivity contribution in [1.82, 2.24) is 4.98 Å². The molecule has 0 spiro atoms. The minimum Gasteiger partial charge on any atom is -0.438 e. The van der Waals surface area contributed by atoms with Crippen LogP contribution in [0.4, 0.5) is 5.69 Å². The minimum absolute atomic E-state index is 0.279. The van der Waals surface area contributed by atoms with Crippen molar-refractivity contribution < 1.29 is 4.74 Å². The van der Waals surface area contributed by atoms with E-state index in [9.17, 15) is 0 Å². The fourth-order valence-electron chi connectivity index (χ4n) is 1.70. The Kier molecular flexibility index (Phi) is 3.59. The summed E-state index contributed by atoms with van der Waals surface area (Å²) in [6, 6.07) is 8.85. The molecule has 0 aliphatic heterocycles.